The number of nitrogens with one attached hydrogen (secondary N) is 1. The molecular weight excluding hydrogens is 216 g/mol. The van der Waals surface area contributed by atoms with Crippen molar-refractivity contribution >= 4 is 5.91 Å². The van der Waals surface area contributed by atoms with Crippen molar-refractivity contribution in [1.82, 2.24) is 10.5 Å². The highest BCUT2D eigenvalue weighted by molar-refractivity contribution is 6.00. The van der Waals surface area contributed by atoms with Crippen LogP contribution in [0.5, 0.6) is 0 Å². The number of hydrogen-bond acceptors (Lipinski definition) is 3. The number of carbonyl (C=O) groups is 1. The molecule has 1 aromatic heterocycles. The molecule has 1 amide bonds. The molecule has 0 atom stereocenters. The molecule has 1 aromatic carbocycles. The molecule has 0 saturated heterocycles. The van der Waals surface area contributed by atoms with Crippen LogP contribution in [-0.2, 0) is 4.84 Å². The first-order valence-electron chi connectivity index (χ1n) is 5.15. The average Bonchev–Trinajstić information content (AvgIpc) is 2.40. The summed E-state index contributed by atoms with van der Waals surface area (Å²) in [4.78, 5) is 20.5. The normalized spacial score (nSPS) is 9.94. The monoisotopic (exact) mass is 228 g/mol. The topological polar surface area (TPSA) is 51.2 Å². The Kier molecular flexibility index (Phi) is 3.47. The van der Waals surface area contributed by atoms with Gasteiger partial charge in [-0.2, -0.15) is 0 Å². The SMILES string of the molecule is CONC(=O)c1ccccc1-c1cccnc1. The Hall–Kier alpha value is -2.20. The second-order valence-electron chi connectivity index (χ2n) is 3.42. The molecule has 0 radical (unpaired) electrons. The van der Waals surface area contributed by atoms with Crippen molar-refractivity contribution in [3.05, 3.63) is 54.4 Å². The summed E-state index contributed by atoms with van der Waals surface area (Å²) in [5.74, 6) is -0.271. The fraction of sp³-hybridized carbons (Fsp3) is 0.0769. The molecule has 86 valence electrons. The molecule has 2 rings (SSSR count). The zero-order valence-electron chi connectivity index (χ0n) is 9.38. The smallest absolute Gasteiger partial charge is 0.275 e. The Morgan fingerprint density at radius 3 is 2.76 bits per heavy atom. The minimum absolute atomic E-state index is 0.271. The number of rotatable bonds is 3. The molecule has 0 saturated carbocycles. The van der Waals surface area contributed by atoms with E-state index < -0.39 is 0 Å². The van der Waals surface area contributed by atoms with E-state index in [9.17, 15) is 4.79 Å². The van der Waals surface area contributed by atoms with Gasteiger partial charge in [0.1, 0.15) is 0 Å². The molecule has 0 aliphatic carbocycles. The Balaban J connectivity index is 2.45. The maximum atomic E-state index is 11.8. The lowest BCUT2D eigenvalue weighted by Gasteiger charge is -2.08. The molecule has 17 heavy (non-hydrogen) atoms. The van der Waals surface area contributed by atoms with Crippen LogP contribution < -0.4 is 5.48 Å². The van der Waals surface area contributed by atoms with E-state index in [1.807, 2.05) is 30.3 Å². The summed E-state index contributed by atoms with van der Waals surface area (Å²) in [5, 5.41) is 0. The van der Waals surface area contributed by atoms with Crippen LogP contribution in [0.3, 0.4) is 0 Å². The van der Waals surface area contributed by atoms with Crippen LogP contribution in [0.4, 0.5) is 0 Å². The molecule has 0 aliphatic heterocycles. The molecule has 2 aromatic rings. The van der Waals surface area contributed by atoms with Gasteiger partial charge in [0.15, 0.2) is 0 Å². The summed E-state index contributed by atoms with van der Waals surface area (Å²) < 4.78 is 0. The molecule has 4 heteroatoms. The Bertz CT molecular complexity index is 512. The van der Waals surface area contributed by atoms with Crippen LogP contribution in [0, 0.1) is 0 Å². The van der Waals surface area contributed by atoms with Gasteiger partial charge in [-0.15, -0.1) is 0 Å². The number of carbonyl (C=O) groups excluding carboxylic acids is 1. The number of hydrogen-bond donors (Lipinski definition) is 1. The first kappa shape index (κ1) is 11.3. The third kappa shape index (κ3) is 2.49. The van der Waals surface area contributed by atoms with Gasteiger partial charge in [-0.1, -0.05) is 24.3 Å². The zero-order chi connectivity index (χ0) is 12.1. The minimum atomic E-state index is -0.271. The van der Waals surface area contributed by atoms with Crippen molar-refractivity contribution in [3.8, 4) is 11.1 Å². The number of hydroxylamine groups is 1. The summed E-state index contributed by atoms with van der Waals surface area (Å²) in [6, 6.07) is 11.1. The predicted octanol–water partition coefficient (Wildman–Crippen LogP) is 2.04. The summed E-state index contributed by atoms with van der Waals surface area (Å²) >= 11 is 0. The van der Waals surface area contributed by atoms with Gasteiger partial charge in [-0.3, -0.25) is 14.6 Å². The molecule has 4 nitrogen and oxygen atoms in total. The van der Waals surface area contributed by atoms with E-state index in [4.69, 9.17) is 0 Å². The maximum absolute atomic E-state index is 11.8. The van der Waals surface area contributed by atoms with Crippen LogP contribution >= 0.6 is 0 Å². The number of nitrogens with zero attached hydrogens (tertiary/aromatic N) is 1. The van der Waals surface area contributed by atoms with Gasteiger partial charge < -0.3 is 0 Å². The molecule has 0 spiro atoms. The second kappa shape index (κ2) is 5.23. The van der Waals surface area contributed by atoms with Crippen LogP contribution in [0.2, 0.25) is 0 Å². The summed E-state index contributed by atoms with van der Waals surface area (Å²) in [6.45, 7) is 0. The van der Waals surface area contributed by atoms with Crippen molar-refractivity contribution < 1.29 is 9.63 Å². The quantitative estimate of drug-likeness (QED) is 0.818. The van der Waals surface area contributed by atoms with Crippen molar-refractivity contribution in [2.75, 3.05) is 7.11 Å². The summed E-state index contributed by atoms with van der Waals surface area (Å²) in [5.41, 5.74) is 4.60. The first-order chi connectivity index (χ1) is 8.33. The molecule has 1 heterocycles. The van der Waals surface area contributed by atoms with Crippen molar-refractivity contribution in [3.63, 3.8) is 0 Å². The Morgan fingerprint density at radius 2 is 2.06 bits per heavy atom. The highest BCUT2D eigenvalue weighted by Crippen LogP contribution is 2.22. The van der Waals surface area contributed by atoms with Gasteiger partial charge in [-0.25, -0.2) is 5.48 Å². The van der Waals surface area contributed by atoms with E-state index in [1.54, 1.807) is 18.5 Å². The third-order valence-corrected chi connectivity index (χ3v) is 2.34. The highest BCUT2D eigenvalue weighted by Gasteiger charge is 2.11. The van der Waals surface area contributed by atoms with Crippen LogP contribution in [0.15, 0.2) is 48.8 Å². The molecule has 0 fully saturated rings. The van der Waals surface area contributed by atoms with E-state index in [2.05, 4.69) is 15.3 Å². The van der Waals surface area contributed by atoms with Crippen molar-refractivity contribution in [1.29, 1.82) is 0 Å². The molecule has 0 aliphatic rings. The zero-order valence-corrected chi connectivity index (χ0v) is 9.38. The number of amides is 1. The molecular formula is C13H12N2O2. The lowest BCUT2D eigenvalue weighted by molar-refractivity contribution is 0.0538. The van der Waals surface area contributed by atoms with Crippen LogP contribution in [0.25, 0.3) is 11.1 Å². The van der Waals surface area contributed by atoms with E-state index in [0.29, 0.717) is 5.56 Å². The van der Waals surface area contributed by atoms with E-state index >= 15 is 0 Å². The van der Waals surface area contributed by atoms with E-state index in [-0.39, 0.29) is 5.91 Å². The number of pyridine rings is 1. The van der Waals surface area contributed by atoms with Gasteiger partial charge in [0.05, 0.1) is 7.11 Å². The second-order valence-corrected chi connectivity index (χ2v) is 3.42. The van der Waals surface area contributed by atoms with Gasteiger partial charge >= 0.3 is 0 Å². The van der Waals surface area contributed by atoms with Crippen LogP contribution in [-0.4, -0.2) is 18.0 Å². The van der Waals surface area contributed by atoms with Gasteiger partial charge in [0, 0.05) is 23.5 Å². The fourth-order valence-electron chi connectivity index (χ4n) is 1.60. The number of aromatic nitrogens is 1. The third-order valence-electron chi connectivity index (χ3n) is 2.34. The average molecular weight is 228 g/mol. The Labute approximate surface area is 99.2 Å². The Morgan fingerprint density at radius 1 is 1.24 bits per heavy atom. The predicted molar refractivity (Wildman–Crippen MR) is 64.1 cm³/mol. The molecule has 0 bridgehead atoms. The fourth-order valence-corrected chi connectivity index (χ4v) is 1.60. The van der Waals surface area contributed by atoms with Gasteiger partial charge in [0.2, 0.25) is 0 Å². The van der Waals surface area contributed by atoms with E-state index in [1.165, 1.54) is 7.11 Å². The first-order valence-corrected chi connectivity index (χ1v) is 5.15. The van der Waals surface area contributed by atoms with Gasteiger partial charge in [-0.05, 0) is 17.7 Å². The van der Waals surface area contributed by atoms with Crippen molar-refractivity contribution in [2.24, 2.45) is 0 Å². The lowest BCUT2D eigenvalue weighted by Crippen LogP contribution is -2.22. The largest absolute Gasteiger partial charge is 0.277 e. The van der Waals surface area contributed by atoms with Gasteiger partial charge in [0.25, 0.3) is 5.91 Å². The van der Waals surface area contributed by atoms with Crippen molar-refractivity contribution in [2.45, 2.75) is 0 Å². The highest BCUT2D eigenvalue weighted by atomic mass is 16.6. The molecule has 0 unspecified atom stereocenters. The van der Waals surface area contributed by atoms with Crippen LogP contribution in [0.1, 0.15) is 10.4 Å². The molecule has 1 N–H and O–H groups in total. The lowest BCUT2D eigenvalue weighted by atomic mass is 10.0. The number of benzene rings is 1. The summed E-state index contributed by atoms with van der Waals surface area (Å²) in [7, 11) is 1.41. The standard InChI is InChI=1S/C13H12N2O2/c1-17-15-13(16)12-7-3-2-6-11(12)10-5-4-8-14-9-10/h2-9H,1H3,(H,15,16). The summed E-state index contributed by atoms with van der Waals surface area (Å²) in [6.07, 6.45) is 3.42. The minimum Gasteiger partial charge on any atom is -0.277 e. The maximum Gasteiger partial charge on any atom is 0.275 e. The van der Waals surface area contributed by atoms with E-state index in [0.717, 1.165) is 11.1 Å².